The molecule has 0 atom stereocenters. The van der Waals surface area contributed by atoms with Gasteiger partial charge >= 0.3 is 5.97 Å². The third-order valence-corrected chi connectivity index (χ3v) is 3.34. The number of carboxylic acid groups (broad SMARTS) is 1. The van der Waals surface area contributed by atoms with Crippen molar-refractivity contribution in [2.75, 3.05) is 0 Å². The zero-order valence-corrected chi connectivity index (χ0v) is 13.2. The first-order valence-corrected chi connectivity index (χ1v) is 8.29. The molecule has 0 aliphatic heterocycles. The first-order valence-electron chi connectivity index (χ1n) is 8.29. The number of aliphatic carboxylic acids is 1. The Balaban J connectivity index is 3.19. The van der Waals surface area contributed by atoms with Gasteiger partial charge in [-0.15, -0.1) is 0 Å². The zero-order chi connectivity index (χ0) is 14.9. The van der Waals surface area contributed by atoms with Crippen LogP contribution in [0.2, 0.25) is 0 Å². The van der Waals surface area contributed by atoms with E-state index in [0.717, 1.165) is 19.3 Å². The van der Waals surface area contributed by atoms with Crippen LogP contribution in [0.1, 0.15) is 84.0 Å². The highest BCUT2D eigenvalue weighted by molar-refractivity contribution is 5.66. The maximum Gasteiger partial charge on any atom is 0.303 e. The van der Waals surface area contributed by atoms with E-state index in [4.69, 9.17) is 5.11 Å². The van der Waals surface area contributed by atoms with Crippen LogP contribution in [0.15, 0.2) is 24.3 Å². The standard InChI is InChI=1S/C18H32O2/c1-2-3-4-5-6-7-8-9-10-11-12-13-14-15-16-17-18(19)20/h10-11,13-14H,2-9,12,15-17H2,1H3,(H,19,20). The number of carbonyl (C=O) groups is 1. The molecule has 2 heteroatoms. The fraction of sp³-hybridized carbons (Fsp3) is 0.722. The van der Waals surface area contributed by atoms with Crippen molar-refractivity contribution >= 4 is 5.97 Å². The van der Waals surface area contributed by atoms with Crippen LogP contribution in [0.4, 0.5) is 0 Å². The van der Waals surface area contributed by atoms with Crippen LogP contribution in [-0.4, -0.2) is 11.1 Å². The summed E-state index contributed by atoms with van der Waals surface area (Å²) in [6, 6.07) is 0. The van der Waals surface area contributed by atoms with Crippen LogP contribution in [0.5, 0.6) is 0 Å². The van der Waals surface area contributed by atoms with Gasteiger partial charge in [0.2, 0.25) is 0 Å². The fourth-order valence-corrected chi connectivity index (χ4v) is 2.10. The van der Waals surface area contributed by atoms with E-state index in [9.17, 15) is 4.79 Å². The molecular formula is C18H32O2. The molecule has 0 aromatic rings. The molecule has 0 bridgehead atoms. The van der Waals surface area contributed by atoms with Gasteiger partial charge in [0, 0.05) is 6.42 Å². The van der Waals surface area contributed by atoms with E-state index in [1.165, 1.54) is 51.4 Å². The lowest BCUT2D eigenvalue weighted by Gasteiger charge is -1.98. The normalized spacial score (nSPS) is 11.7. The summed E-state index contributed by atoms with van der Waals surface area (Å²) in [5.41, 5.74) is 0. The second-order valence-electron chi connectivity index (χ2n) is 5.37. The summed E-state index contributed by atoms with van der Waals surface area (Å²) in [4.78, 5) is 10.3. The smallest absolute Gasteiger partial charge is 0.303 e. The number of allylic oxidation sites excluding steroid dienone is 4. The Morgan fingerprint density at radius 1 is 0.800 bits per heavy atom. The van der Waals surface area contributed by atoms with Gasteiger partial charge in [0.05, 0.1) is 0 Å². The quantitative estimate of drug-likeness (QED) is 0.318. The van der Waals surface area contributed by atoms with Crippen molar-refractivity contribution in [1.82, 2.24) is 0 Å². The number of hydrogen-bond acceptors (Lipinski definition) is 1. The lowest BCUT2D eigenvalue weighted by molar-refractivity contribution is -0.137. The molecule has 1 N–H and O–H groups in total. The number of rotatable bonds is 14. The molecule has 0 fully saturated rings. The maximum atomic E-state index is 10.3. The minimum absolute atomic E-state index is 0.276. The largest absolute Gasteiger partial charge is 0.481 e. The van der Waals surface area contributed by atoms with Crippen molar-refractivity contribution in [3.8, 4) is 0 Å². The van der Waals surface area contributed by atoms with Gasteiger partial charge in [-0.1, -0.05) is 69.8 Å². The van der Waals surface area contributed by atoms with E-state index in [1.54, 1.807) is 0 Å². The van der Waals surface area contributed by atoms with Crippen LogP contribution in [0.25, 0.3) is 0 Å². The highest BCUT2D eigenvalue weighted by Crippen LogP contribution is 2.08. The SMILES string of the molecule is CCCCCCCCCC=CCC=CCCCC(=O)O. The number of carboxylic acids is 1. The van der Waals surface area contributed by atoms with E-state index in [1.807, 2.05) is 0 Å². The van der Waals surface area contributed by atoms with Gasteiger partial charge in [0.25, 0.3) is 0 Å². The second-order valence-corrected chi connectivity index (χ2v) is 5.37. The predicted octanol–water partition coefficient (Wildman–Crippen LogP) is 5.88. The zero-order valence-electron chi connectivity index (χ0n) is 13.2. The molecule has 0 unspecified atom stereocenters. The molecule has 0 rings (SSSR count). The summed E-state index contributed by atoms with van der Waals surface area (Å²) >= 11 is 0. The Morgan fingerprint density at radius 3 is 1.95 bits per heavy atom. The molecule has 0 aliphatic rings. The third kappa shape index (κ3) is 16.9. The summed E-state index contributed by atoms with van der Waals surface area (Å²) in [7, 11) is 0. The van der Waals surface area contributed by atoms with E-state index in [2.05, 4.69) is 31.2 Å². The van der Waals surface area contributed by atoms with Gasteiger partial charge in [-0.25, -0.2) is 0 Å². The van der Waals surface area contributed by atoms with Gasteiger partial charge in [-0.2, -0.15) is 0 Å². The van der Waals surface area contributed by atoms with Gasteiger partial charge in [0.1, 0.15) is 0 Å². The van der Waals surface area contributed by atoms with Crippen LogP contribution < -0.4 is 0 Å². The highest BCUT2D eigenvalue weighted by atomic mass is 16.4. The molecule has 20 heavy (non-hydrogen) atoms. The summed E-state index contributed by atoms with van der Waals surface area (Å²) in [5, 5.41) is 8.48. The average Bonchev–Trinajstić information content (AvgIpc) is 2.43. The summed E-state index contributed by atoms with van der Waals surface area (Å²) in [5.74, 6) is -0.701. The molecule has 0 amide bonds. The molecule has 0 spiro atoms. The Morgan fingerprint density at radius 2 is 1.35 bits per heavy atom. The van der Waals surface area contributed by atoms with Crippen LogP contribution in [-0.2, 0) is 4.79 Å². The molecular weight excluding hydrogens is 248 g/mol. The van der Waals surface area contributed by atoms with Gasteiger partial charge < -0.3 is 5.11 Å². The molecule has 0 radical (unpaired) electrons. The van der Waals surface area contributed by atoms with Crippen molar-refractivity contribution in [1.29, 1.82) is 0 Å². The Bertz CT molecular complexity index is 267. The van der Waals surface area contributed by atoms with Crippen molar-refractivity contribution in [3.63, 3.8) is 0 Å². The molecule has 0 aliphatic carbocycles. The third-order valence-electron chi connectivity index (χ3n) is 3.34. The lowest BCUT2D eigenvalue weighted by Crippen LogP contribution is -1.92. The molecule has 0 aromatic heterocycles. The van der Waals surface area contributed by atoms with E-state index in [-0.39, 0.29) is 6.42 Å². The molecule has 0 aromatic carbocycles. The Hall–Kier alpha value is -1.05. The Kier molecular flexibility index (Phi) is 15.2. The van der Waals surface area contributed by atoms with Gasteiger partial charge in [0.15, 0.2) is 0 Å². The van der Waals surface area contributed by atoms with E-state index >= 15 is 0 Å². The summed E-state index contributed by atoms with van der Waals surface area (Å²) in [6.45, 7) is 2.26. The molecule has 0 heterocycles. The predicted molar refractivity (Wildman–Crippen MR) is 87.0 cm³/mol. The van der Waals surface area contributed by atoms with Crippen LogP contribution in [0, 0.1) is 0 Å². The highest BCUT2D eigenvalue weighted by Gasteiger charge is 1.92. The molecule has 2 nitrogen and oxygen atoms in total. The van der Waals surface area contributed by atoms with Crippen LogP contribution >= 0.6 is 0 Å². The second kappa shape index (κ2) is 16.0. The molecule has 0 saturated heterocycles. The molecule has 116 valence electrons. The monoisotopic (exact) mass is 280 g/mol. The van der Waals surface area contributed by atoms with E-state index < -0.39 is 5.97 Å². The first kappa shape index (κ1) is 18.9. The van der Waals surface area contributed by atoms with Crippen molar-refractivity contribution in [2.45, 2.75) is 84.0 Å². The number of unbranched alkanes of at least 4 members (excludes halogenated alkanes) is 8. The Labute approximate surface area is 125 Å². The summed E-state index contributed by atoms with van der Waals surface area (Å²) < 4.78 is 0. The van der Waals surface area contributed by atoms with Crippen LogP contribution in [0.3, 0.4) is 0 Å². The van der Waals surface area contributed by atoms with Crippen molar-refractivity contribution in [2.24, 2.45) is 0 Å². The average molecular weight is 280 g/mol. The maximum absolute atomic E-state index is 10.3. The van der Waals surface area contributed by atoms with E-state index in [0.29, 0.717) is 0 Å². The minimum Gasteiger partial charge on any atom is -0.481 e. The van der Waals surface area contributed by atoms with Crippen molar-refractivity contribution < 1.29 is 9.90 Å². The van der Waals surface area contributed by atoms with Gasteiger partial charge in [-0.3, -0.25) is 4.79 Å². The lowest BCUT2D eigenvalue weighted by atomic mass is 10.1. The first-order chi connectivity index (χ1) is 9.77. The van der Waals surface area contributed by atoms with Gasteiger partial charge in [-0.05, 0) is 32.1 Å². The number of hydrogen-bond donors (Lipinski definition) is 1. The fourth-order valence-electron chi connectivity index (χ4n) is 2.10. The summed E-state index contributed by atoms with van der Waals surface area (Å²) in [6.07, 6.45) is 22.3. The topological polar surface area (TPSA) is 37.3 Å². The molecule has 0 saturated carbocycles. The van der Waals surface area contributed by atoms with Crippen molar-refractivity contribution in [3.05, 3.63) is 24.3 Å². The minimum atomic E-state index is -0.701.